The summed E-state index contributed by atoms with van der Waals surface area (Å²) >= 11 is 1.64. The molecule has 178 valence electrons. The summed E-state index contributed by atoms with van der Waals surface area (Å²) in [6, 6.07) is 18.5. The predicted octanol–water partition coefficient (Wildman–Crippen LogP) is 4.66. The van der Waals surface area contributed by atoms with Crippen molar-refractivity contribution in [3.8, 4) is 0 Å². The number of amides is 1. The highest BCUT2D eigenvalue weighted by molar-refractivity contribution is 7.89. The van der Waals surface area contributed by atoms with E-state index in [0.29, 0.717) is 37.4 Å². The van der Waals surface area contributed by atoms with Gasteiger partial charge in [-0.05, 0) is 56.2 Å². The number of sulfonamides is 1. The van der Waals surface area contributed by atoms with Crippen LogP contribution >= 0.6 is 11.3 Å². The molecule has 0 spiro atoms. The van der Waals surface area contributed by atoms with Gasteiger partial charge >= 0.3 is 0 Å². The summed E-state index contributed by atoms with van der Waals surface area (Å²) in [6.07, 6.45) is 5.38. The average Bonchev–Trinajstić information content (AvgIpc) is 3.32. The van der Waals surface area contributed by atoms with Crippen molar-refractivity contribution in [2.75, 3.05) is 18.0 Å². The van der Waals surface area contributed by atoms with Crippen LogP contribution in [-0.4, -0.2) is 36.7 Å². The number of anilines is 1. The van der Waals surface area contributed by atoms with Gasteiger partial charge in [0.2, 0.25) is 15.9 Å². The normalized spacial score (nSPS) is 17.3. The molecule has 0 N–H and O–H groups in total. The van der Waals surface area contributed by atoms with Crippen molar-refractivity contribution in [3.05, 3.63) is 76.8 Å². The minimum atomic E-state index is -3.54. The van der Waals surface area contributed by atoms with Crippen LogP contribution < -0.4 is 4.90 Å². The van der Waals surface area contributed by atoms with E-state index in [9.17, 15) is 13.2 Å². The number of benzene rings is 2. The van der Waals surface area contributed by atoms with Crippen LogP contribution in [0.2, 0.25) is 0 Å². The molecule has 0 unspecified atom stereocenters. The van der Waals surface area contributed by atoms with E-state index in [1.54, 1.807) is 35.6 Å². The second kappa shape index (κ2) is 9.98. The SMILES string of the molecule is O=C(C1CCN(S(=O)(=O)c2ccccc2)CC1)N(Cc1ccccc1)c1nc2c(s1)CCCC2. The lowest BCUT2D eigenvalue weighted by atomic mass is 9.96. The van der Waals surface area contributed by atoms with Gasteiger partial charge in [0.15, 0.2) is 5.13 Å². The van der Waals surface area contributed by atoms with Crippen LogP contribution in [0, 0.1) is 5.92 Å². The van der Waals surface area contributed by atoms with Crippen molar-refractivity contribution < 1.29 is 13.2 Å². The Morgan fingerprint density at radius 3 is 2.29 bits per heavy atom. The van der Waals surface area contributed by atoms with Crippen molar-refractivity contribution >= 4 is 32.4 Å². The van der Waals surface area contributed by atoms with Crippen molar-refractivity contribution in [1.29, 1.82) is 0 Å². The van der Waals surface area contributed by atoms with Gasteiger partial charge in [0.1, 0.15) is 0 Å². The molecule has 1 amide bonds. The first kappa shape index (κ1) is 23.2. The molecule has 0 radical (unpaired) electrons. The number of piperidine rings is 1. The summed E-state index contributed by atoms with van der Waals surface area (Å²) in [5, 5.41) is 0.778. The number of hydrogen-bond acceptors (Lipinski definition) is 5. The fourth-order valence-corrected chi connectivity index (χ4v) is 7.41. The molecule has 1 fully saturated rings. The highest BCUT2D eigenvalue weighted by Crippen LogP contribution is 2.34. The molecule has 3 aromatic rings. The van der Waals surface area contributed by atoms with Crippen LogP contribution in [0.15, 0.2) is 65.6 Å². The second-order valence-electron chi connectivity index (χ2n) is 8.97. The minimum Gasteiger partial charge on any atom is -0.283 e. The molecule has 34 heavy (non-hydrogen) atoms. The number of nitrogens with zero attached hydrogens (tertiary/aromatic N) is 3. The molecule has 1 aliphatic carbocycles. The maximum Gasteiger partial charge on any atom is 0.243 e. The summed E-state index contributed by atoms with van der Waals surface area (Å²) in [5.74, 6) is -0.168. The van der Waals surface area contributed by atoms with Crippen molar-refractivity contribution in [1.82, 2.24) is 9.29 Å². The smallest absolute Gasteiger partial charge is 0.243 e. The minimum absolute atomic E-state index is 0.0479. The topological polar surface area (TPSA) is 70.6 Å². The van der Waals surface area contributed by atoms with Gasteiger partial charge in [0.05, 0.1) is 17.1 Å². The van der Waals surface area contributed by atoms with E-state index in [2.05, 4.69) is 0 Å². The van der Waals surface area contributed by atoms with Crippen LogP contribution in [-0.2, 0) is 34.2 Å². The van der Waals surface area contributed by atoms with E-state index in [1.165, 1.54) is 15.6 Å². The van der Waals surface area contributed by atoms with Crippen molar-refractivity contribution in [2.45, 2.75) is 50.0 Å². The van der Waals surface area contributed by atoms with Gasteiger partial charge in [-0.15, -0.1) is 11.3 Å². The third-order valence-electron chi connectivity index (χ3n) is 6.70. The highest BCUT2D eigenvalue weighted by atomic mass is 32.2. The van der Waals surface area contributed by atoms with E-state index in [4.69, 9.17) is 4.98 Å². The lowest BCUT2D eigenvalue weighted by molar-refractivity contribution is -0.123. The van der Waals surface area contributed by atoms with Crippen molar-refractivity contribution in [3.63, 3.8) is 0 Å². The number of carbonyl (C=O) groups is 1. The van der Waals surface area contributed by atoms with Gasteiger partial charge in [0, 0.05) is 23.9 Å². The molecule has 2 aliphatic rings. The van der Waals surface area contributed by atoms with E-state index >= 15 is 0 Å². The molecule has 5 rings (SSSR count). The molecule has 1 saturated heterocycles. The number of thiazole rings is 1. The highest BCUT2D eigenvalue weighted by Gasteiger charge is 2.35. The molecule has 2 heterocycles. The maximum absolute atomic E-state index is 13.8. The van der Waals surface area contributed by atoms with Gasteiger partial charge in [-0.1, -0.05) is 48.5 Å². The molecular weight excluding hydrogens is 466 g/mol. The lowest BCUT2D eigenvalue weighted by Gasteiger charge is -2.33. The lowest BCUT2D eigenvalue weighted by Crippen LogP contribution is -2.44. The Morgan fingerprint density at radius 1 is 0.971 bits per heavy atom. The molecule has 6 nitrogen and oxygen atoms in total. The number of carbonyl (C=O) groups excluding carboxylic acids is 1. The Balaban J connectivity index is 1.34. The van der Waals surface area contributed by atoms with Crippen LogP contribution in [0.25, 0.3) is 0 Å². The quantitative estimate of drug-likeness (QED) is 0.499. The first-order valence-corrected chi connectivity index (χ1v) is 14.2. The fourth-order valence-electron chi connectivity index (χ4n) is 4.76. The zero-order chi connectivity index (χ0) is 23.5. The predicted molar refractivity (Wildman–Crippen MR) is 134 cm³/mol. The molecule has 0 saturated carbocycles. The van der Waals surface area contributed by atoms with Crippen LogP contribution in [0.1, 0.15) is 41.8 Å². The number of aromatic nitrogens is 1. The van der Waals surface area contributed by atoms with Gasteiger partial charge in [-0.3, -0.25) is 9.69 Å². The molecule has 2 aromatic carbocycles. The van der Waals surface area contributed by atoms with Gasteiger partial charge in [-0.2, -0.15) is 4.31 Å². The monoisotopic (exact) mass is 495 g/mol. The Labute approximate surface area is 205 Å². The standard InChI is InChI=1S/C26H29N3O3S2/c30-25(21-15-17-28(18-16-21)34(31,32)22-11-5-2-6-12-22)29(19-20-9-3-1-4-10-20)26-27-23-13-7-8-14-24(23)33-26/h1-6,9-12,21H,7-8,13-19H2. The molecule has 8 heteroatoms. The number of rotatable bonds is 6. The number of hydrogen-bond donors (Lipinski definition) is 0. The number of fused-ring (bicyclic) bond motifs is 1. The Bertz CT molecular complexity index is 1210. The van der Waals surface area contributed by atoms with E-state index in [1.807, 2.05) is 41.3 Å². The first-order valence-electron chi connectivity index (χ1n) is 11.9. The zero-order valence-electron chi connectivity index (χ0n) is 19.1. The third-order valence-corrected chi connectivity index (χ3v) is 9.79. The van der Waals surface area contributed by atoms with E-state index < -0.39 is 10.0 Å². The van der Waals surface area contributed by atoms with E-state index in [0.717, 1.165) is 35.7 Å². The van der Waals surface area contributed by atoms with Gasteiger partial charge in [-0.25, -0.2) is 13.4 Å². The van der Waals surface area contributed by atoms with Gasteiger partial charge in [0.25, 0.3) is 0 Å². The molecule has 0 atom stereocenters. The van der Waals surface area contributed by atoms with Crippen LogP contribution in [0.5, 0.6) is 0 Å². The fraction of sp³-hybridized carbons (Fsp3) is 0.385. The molecule has 1 aliphatic heterocycles. The van der Waals surface area contributed by atoms with Crippen molar-refractivity contribution in [2.24, 2.45) is 5.92 Å². The molecule has 1 aromatic heterocycles. The maximum atomic E-state index is 13.8. The molecular formula is C26H29N3O3S2. The van der Waals surface area contributed by atoms with Gasteiger partial charge < -0.3 is 0 Å². The van der Waals surface area contributed by atoms with Crippen LogP contribution in [0.3, 0.4) is 0 Å². The summed E-state index contributed by atoms with van der Waals surface area (Å²) in [6.45, 7) is 1.18. The van der Waals surface area contributed by atoms with E-state index in [-0.39, 0.29) is 11.8 Å². The zero-order valence-corrected chi connectivity index (χ0v) is 20.7. The summed E-state index contributed by atoms with van der Waals surface area (Å²) < 4.78 is 27.5. The molecule has 0 bridgehead atoms. The largest absolute Gasteiger partial charge is 0.283 e. The number of aryl methyl sites for hydroxylation is 2. The summed E-state index contributed by atoms with van der Waals surface area (Å²) in [4.78, 5) is 22.1. The Hall–Kier alpha value is -2.55. The second-order valence-corrected chi connectivity index (χ2v) is 12.0. The first-order chi connectivity index (χ1) is 16.5. The average molecular weight is 496 g/mol. The Morgan fingerprint density at radius 2 is 1.62 bits per heavy atom. The summed E-state index contributed by atoms with van der Waals surface area (Å²) in [5.41, 5.74) is 2.20. The third kappa shape index (κ3) is 4.80. The Kier molecular flexibility index (Phi) is 6.81. The summed E-state index contributed by atoms with van der Waals surface area (Å²) in [7, 11) is -3.54. The van der Waals surface area contributed by atoms with Crippen LogP contribution in [0.4, 0.5) is 5.13 Å².